The van der Waals surface area contributed by atoms with Crippen molar-refractivity contribution in [3.63, 3.8) is 0 Å². The first-order chi connectivity index (χ1) is 8.58. The van der Waals surface area contributed by atoms with Gasteiger partial charge in [0.15, 0.2) is 0 Å². The number of primary amides is 1. The zero-order valence-corrected chi connectivity index (χ0v) is 12.1. The Bertz CT molecular complexity index is 456. The second kappa shape index (κ2) is 6.02. The summed E-state index contributed by atoms with van der Waals surface area (Å²) in [7, 11) is 0. The Morgan fingerprint density at radius 2 is 2.39 bits per heavy atom. The van der Waals surface area contributed by atoms with E-state index in [4.69, 9.17) is 22.1 Å². The third kappa shape index (κ3) is 3.23. The van der Waals surface area contributed by atoms with Crippen LogP contribution in [-0.4, -0.2) is 36.6 Å². The van der Waals surface area contributed by atoms with E-state index in [0.29, 0.717) is 31.3 Å². The Hall–Kier alpha value is -0.620. The molecule has 1 aromatic carbocycles. The number of nitrogens with two attached hydrogens (primary N) is 1. The number of carbonyl (C=O) groups excluding carboxylic acids is 1. The lowest BCUT2D eigenvalue weighted by Crippen LogP contribution is -2.51. The topological polar surface area (TPSA) is 55.6 Å². The van der Waals surface area contributed by atoms with Gasteiger partial charge in [0.05, 0.1) is 13.2 Å². The van der Waals surface area contributed by atoms with Crippen LogP contribution in [0.15, 0.2) is 22.7 Å². The van der Waals surface area contributed by atoms with Gasteiger partial charge in [0.1, 0.15) is 6.04 Å². The third-order valence-corrected chi connectivity index (χ3v) is 3.80. The lowest BCUT2D eigenvalue weighted by atomic mass is 10.1. The lowest BCUT2D eigenvalue weighted by molar-refractivity contribution is -0.129. The summed E-state index contributed by atoms with van der Waals surface area (Å²) in [6.07, 6.45) is 0. The van der Waals surface area contributed by atoms with Crippen molar-refractivity contribution in [2.45, 2.75) is 12.6 Å². The smallest absolute Gasteiger partial charge is 0.237 e. The SMILES string of the molecule is NC(=O)C1COCCN1Cc1ccc(Br)cc1Cl. The van der Waals surface area contributed by atoms with Gasteiger partial charge in [-0.25, -0.2) is 0 Å². The molecular formula is C12H14BrClN2O2. The molecule has 1 aliphatic heterocycles. The largest absolute Gasteiger partial charge is 0.378 e. The van der Waals surface area contributed by atoms with Crippen LogP contribution >= 0.6 is 27.5 Å². The molecule has 6 heteroatoms. The number of amides is 1. The van der Waals surface area contributed by atoms with E-state index in [9.17, 15) is 4.79 Å². The Morgan fingerprint density at radius 3 is 3.06 bits per heavy atom. The van der Waals surface area contributed by atoms with Gasteiger partial charge in [0.2, 0.25) is 5.91 Å². The summed E-state index contributed by atoms with van der Waals surface area (Å²) in [5.41, 5.74) is 6.35. The molecule has 2 rings (SSSR count). The summed E-state index contributed by atoms with van der Waals surface area (Å²) in [6, 6.07) is 5.34. The monoisotopic (exact) mass is 332 g/mol. The van der Waals surface area contributed by atoms with Crippen molar-refractivity contribution in [1.82, 2.24) is 4.90 Å². The Labute approximate surface area is 119 Å². The van der Waals surface area contributed by atoms with Crippen molar-refractivity contribution >= 4 is 33.4 Å². The fraction of sp³-hybridized carbons (Fsp3) is 0.417. The first-order valence-corrected chi connectivity index (χ1v) is 6.80. The van der Waals surface area contributed by atoms with Crippen molar-refractivity contribution in [1.29, 1.82) is 0 Å². The maximum atomic E-state index is 11.4. The quantitative estimate of drug-likeness (QED) is 0.917. The number of hydrogen-bond donors (Lipinski definition) is 1. The van der Waals surface area contributed by atoms with Crippen molar-refractivity contribution in [2.24, 2.45) is 5.73 Å². The Morgan fingerprint density at radius 1 is 1.61 bits per heavy atom. The zero-order valence-electron chi connectivity index (χ0n) is 9.73. The maximum Gasteiger partial charge on any atom is 0.237 e. The molecule has 0 aromatic heterocycles. The van der Waals surface area contributed by atoms with Gasteiger partial charge >= 0.3 is 0 Å². The van der Waals surface area contributed by atoms with Crippen LogP contribution in [0, 0.1) is 0 Å². The van der Waals surface area contributed by atoms with Crippen molar-refractivity contribution in [2.75, 3.05) is 19.8 Å². The molecule has 98 valence electrons. The molecule has 4 nitrogen and oxygen atoms in total. The molecule has 1 amide bonds. The fourth-order valence-corrected chi connectivity index (χ4v) is 2.69. The van der Waals surface area contributed by atoms with Crippen LogP contribution in [0.1, 0.15) is 5.56 Å². The number of hydrogen-bond acceptors (Lipinski definition) is 3. The molecule has 1 atom stereocenters. The predicted octanol–water partition coefficient (Wildman–Crippen LogP) is 1.79. The van der Waals surface area contributed by atoms with Crippen molar-refractivity contribution in [3.8, 4) is 0 Å². The highest BCUT2D eigenvalue weighted by Gasteiger charge is 2.27. The van der Waals surface area contributed by atoms with E-state index < -0.39 is 0 Å². The second-order valence-corrected chi connectivity index (χ2v) is 5.52. The van der Waals surface area contributed by atoms with Crippen LogP contribution < -0.4 is 5.73 Å². The summed E-state index contributed by atoms with van der Waals surface area (Å²) in [5.74, 6) is -0.358. The van der Waals surface area contributed by atoms with E-state index in [1.54, 1.807) is 0 Å². The van der Waals surface area contributed by atoms with E-state index >= 15 is 0 Å². The van der Waals surface area contributed by atoms with Gasteiger partial charge in [-0.15, -0.1) is 0 Å². The lowest BCUT2D eigenvalue weighted by Gasteiger charge is -2.33. The molecule has 18 heavy (non-hydrogen) atoms. The minimum absolute atomic E-state index is 0.351. The highest BCUT2D eigenvalue weighted by atomic mass is 79.9. The summed E-state index contributed by atoms with van der Waals surface area (Å²) in [5, 5.41) is 0.680. The van der Waals surface area contributed by atoms with Crippen LogP contribution in [0.2, 0.25) is 5.02 Å². The van der Waals surface area contributed by atoms with E-state index in [0.717, 1.165) is 10.0 Å². The van der Waals surface area contributed by atoms with Crippen LogP contribution in [0.5, 0.6) is 0 Å². The van der Waals surface area contributed by atoms with E-state index in [2.05, 4.69) is 15.9 Å². The molecule has 0 saturated carbocycles. The fourth-order valence-electron chi connectivity index (χ4n) is 1.96. The number of benzene rings is 1. The van der Waals surface area contributed by atoms with E-state index in [-0.39, 0.29) is 11.9 Å². The van der Waals surface area contributed by atoms with Gasteiger partial charge in [-0.1, -0.05) is 33.6 Å². The molecule has 0 spiro atoms. The molecule has 0 aliphatic carbocycles. The Kier molecular flexibility index (Phi) is 4.61. The second-order valence-electron chi connectivity index (χ2n) is 4.20. The standard InChI is InChI=1S/C12H14BrClN2O2/c13-9-2-1-8(10(14)5-9)6-16-3-4-18-7-11(16)12(15)17/h1-2,5,11H,3-4,6-7H2,(H2,15,17). The summed E-state index contributed by atoms with van der Waals surface area (Å²) < 4.78 is 6.21. The van der Waals surface area contributed by atoms with Crippen LogP contribution in [0.3, 0.4) is 0 Å². The maximum absolute atomic E-state index is 11.4. The molecule has 1 fully saturated rings. The average molecular weight is 334 g/mol. The number of carbonyl (C=O) groups is 1. The van der Waals surface area contributed by atoms with Crippen LogP contribution in [-0.2, 0) is 16.1 Å². The summed E-state index contributed by atoms with van der Waals surface area (Å²) in [6.45, 7) is 2.24. The van der Waals surface area contributed by atoms with Crippen LogP contribution in [0.4, 0.5) is 0 Å². The molecule has 1 unspecified atom stereocenters. The van der Waals surface area contributed by atoms with Gasteiger partial charge in [-0.2, -0.15) is 0 Å². The van der Waals surface area contributed by atoms with E-state index in [1.165, 1.54) is 0 Å². The minimum Gasteiger partial charge on any atom is -0.378 e. The van der Waals surface area contributed by atoms with Crippen molar-refractivity contribution in [3.05, 3.63) is 33.3 Å². The van der Waals surface area contributed by atoms with Gasteiger partial charge in [-0.05, 0) is 17.7 Å². The van der Waals surface area contributed by atoms with Crippen LogP contribution in [0.25, 0.3) is 0 Å². The Balaban J connectivity index is 2.13. The molecular weight excluding hydrogens is 320 g/mol. The molecule has 1 aliphatic rings. The number of nitrogens with zero attached hydrogens (tertiary/aromatic N) is 1. The van der Waals surface area contributed by atoms with Gasteiger partial charge < -0.3 is 10.5 Å². The normalized spacial score (nSPS) is 20.9. The molecule has 1 heterocycles. The predicted molar refractivity (Wildman–Crippen MR) is 73.4 cm³/mol. The number of ether oxygens (including phenoxy) is 1. The first-order valence-electron chi connectivity index (χ1n) is 5.63. The van der Waals surface area contributed by atoms with Gasteiger partial charge in [0.25, 0.3) is 0 Å². The molecule has 2 N–H and O–H groups in total. The molecule has 1 aromatic rings. The molecule has 0 bridgehead atoms. The highest BCUT2D eigenvalue weighted by Crippen LogP contribution is 2.23. The number of halogens is 2. The van der Waals surface area contributed by atoms with E-state index in [1.807, 2.05) is 23.1 Å². The molecule has 0 radical (unpaired) electrons. The van der Waals surface area contributed by atoms with Crippen molar-refractivity contribution < 1.29 is 9.53 Å². The zero-order chi connectivity index (χ0) is 13.1. The molecule has 1 saturated heterocycles. The van der Waals surface area contributed by atoms with Gasteiger partial charge in [-0.3, -0.25) is 9.69 Å². The third-order valence-electron chi connectivity index (χ3n) is 2.96. The highest BCUT2D eigenvalue weighted by molar-refractivity contribution is 9.10. The average Bonchev–Trinajstić information content (AvgIpc) is 2.33. The minimum atomic E-state index is -0.376. The number of morpholine rings is 1. The summed E-state index contributed by atoms with van der Waals surface area (Å²) in [4.78, 5) is 13.4. The number of rotatable bonds is 3. The first kappa shape index (κ1) is 13.8. The van der Waals surface area contributed by atoms with Gasteiger partial charge in [0, 0.05) is 22.6 Å². The summed E-state index contributed by atoms with van der Waals surface area (Å²) >= 11 is 9.54.